The number of anilines is 1. The van der Waals surface area contributed by atoms with E-state index >= 15 is 0 Å². The SMILES string of the molecule is C=C(C)C#CONc1cc(=O)n(-c2c(Cl)cc(Cl)cc2Cl)[nH]1. The molecular weight excluding hydrogens is 349 g/mol. The molecule has 5 nitrogen and oxygen atoms in total. The lowest BCUT2D eigenvalue weighted by Gasteiger charge is -2.08. The molecule has 0 saturated heterocycles. The summed E-state index contributed by atoms with van der Waals surface area (Å²) in [6, 6.07) is 4.24. The molecule has 0 spiro atoms. The third-order valence-electron chi connectivity index (χ3n) is 2.40. The number of H-pyrrole nitrogens is 1. The number of rotatable bonds is 3. The fraction of sp³-hybridized carbons (Fsp3) is 0.0714. The third-order valence-corrected chi connectivity index (χ3v) is 3.20. The van der Waals surface area contributed by atoms with E-state index in [1.165, 1.54) is 22.9 Å². The van der Waals surface area contributed by atoms with Crippen molar-refractivity contribution >= 4 is 40.6 Å². The maximum atomic E-state index is 12.0. The van der Waals surface area contributed by atoms with Gasteiger partial charge in [-0.1, -0.05) is 41.4 Å². The maximum Gasteiger partial charge on any atom is 0.273 e. The number of halogens is 3. The summed E-state index contributed by atoms with van der Waals surface area (Å²) in [6.07, 6.45) is 2.37. The zero-order valence-corrected chi connectivity index (χ0v) is 13.6. The van der Waals surface area contributed by atoms with Crippen LogP contribution in [0.25, 0.3) is 5.69 Å². The van der Waals surface area contributed by atoms with Gasteiger partial charge in [-0.2, -0.15) is 5.48 Å². The molecule has 22 heavy (non-hydrogen) atoms. The monoisotopic (exact) mass is 357 g/mol. The summed E-state index contributed by atoms with van der Waals surface area (Å²) < 4.78 is 1.17. The normalized spacial score (nSPS) is 9.82. The molecule has 1 heterocycles. The molecule has 2 aromatic rings. The summed E-state index contributed by atoms with van der Waals surface area (Å²) in [5, 5.41) is 3.59. The largest absolute Gasteiger partial charge is 0.327 e. The predicted molar refractivity (Wildman–Crippen MR) is 88.7 cm³/mol. The molecule has 0 atom stereocenters. The smallest absolute Gasteiger partial charge is 0.273 e. The second-order valence-corrected chi connectivity index (χ2v) is 5.52. The van der Waals surface area contributed by atoms with E-state index < -0.39 is 0 Å². The van der Waals surface area contributed by atoms with Gasteiger partial charge in [0.15, 0.2) is 11.9 Å². The fourth-order valence-electron chi connectivity index (χ4n) is 1.56. The number of hydrogen-bond donors (Lipinski definition) is 2. The molecule has 0 unspecified atom stereocenters. The Morgan fingerprint density at radius 2 is 1.95 bits per heavy atom. The molecule has 0 aliphatic carbocycles. The van der Waals surface area contributed by atoms with Crippen LogP contribution < -0.4 is 11.0 Å². The molecule has 0 amide bonds. The number of benzene rings is 1. The molecule has 8 heteroatoms. The van der Waals surface area contributed by atoms with E-state index in [1.54, 1.807) is 6.92 Å². The summed E-state index contributed by atoms with van der Waals surface area (Å²) in [5.74, 6) is 2.89. The van der Waals surface area contributed by atoms with Crippen molar-refractivity contribution in [1.29, 1.82) is 0 Å². The van der Waals surface area contributed by atoms with E-state index in [0.29, 0.717) is 16.3 Å². The van der Waals surface area contributed by atoms with Crippen LogP contribution in [-0.2, 0) is 4.84 Å². The van der Waals surface area contributed by atoms with Crippen molar-refractivity contribution in [2.75, 3.05) is 5.48 Å². The van der Waals surface area contributed by atoms with Crippen LogP contribution in [0.15, 0.2) is 35.1 Å². The van der Waals surface area contributed by atoms with Crippen LogP contribution in [0.3, 0.4) is 0 Å². The van der Waals surface area contributed by atoms with Gasteiger partial charge in [-0.05, 0) is 30.6 Å². The van der Waals surface area contributed by atoms with Crippen molar-refractivity contribution in [3.05, 3.63) is 55.8 Å². The Kier molecular flexibility index (Phi) is 5.09. The van der Waals surface area contributed by atoms with Crippen LogP contribution in [0.2, 0.25) is 15.1 Å². The van der Waals surface area contributed by atoms with Crippen molar-refractivity contribution in [2.24, 2.45) is 0 Å². The minimum absolute atomic E-state index is 0.232. The molecule has 1 aromatic carbocycles. The summed E-state index contributed by atoms with van der Waals surface area (Å²) in [4.78, 5) is 16.9. The minimum Gasteiger partial charge on any atom is -0.327 e. The number of nitrogens with one attached hydrogen (secondary N) is 2. The van der Waals surface area contributed by atoms with Gasteiger partial charge >= 0.3 is 0 Å². The molecule has 2 N–H and O–H groups in total. The molecule has 0 saturated carbocycles. The fourth-order valence-corrected chi connectivity index (χ4v) is 2.54. The lowest BCUT2D eigenvalue weighted by atomic mass is 10.3. The van der Waals surface area contributed by atoms with Crippen LogP contribution in [0.1, 0.15) is 6.92 Å². The zero-order chi connectivity index (χ0) is 16.3. The molecular formula is C14H10Cl3N3O2. The van der Waals surface area contributed by atoms with Gasteiger partial charge in [0.1, 0.15) is 5.69 Å². The van der Waals surface area contributed by atoms with E-state index in [2.05, 4.69) is 29.2 Å². The van der Waals surface area contributed by atoms with Crippen LogP contribution in [0, 0.1) is 12.0 Å². The van der Waals surface area contributed by atoms with E-state index in [-0.39, 0.29) is 21.4 Å². The van der Waals surface area contributed by atoms with Crippen LogP contribution in [-0.4, -0.2) is 9.78 Å². The highest BCUT2D eigenvalue weighted by molar-refractivity contribution is 6.40. The highest BCUT2D eigenvalue weighted by Crippen LogP contribution is 2.31. The van der Waals surface area contributed by atoms with Crippen LogP contribution >= 0.6 is 34.8 Å². The van der Waals surface area contributed by atoms with Crippen molar-refractivity contribution in [3.63, 3.8) is 0 Å². The molecule has 0 aliphatic heterocycles. The first-order valence-corrected chi connectivity index (χ1v) is 7.07. The maximum absolute atomic E-state index is 12.0. The Bertz CT molecular complexity index is 820. The first kappa shape index (κ1) is 16.4. The van der Waals surface area contributed by atoms with Crippen molar-refractivity contribution in [2.45, 2.75) is 6.92 Å². The Hall–Kier alpha value is -2.00. The Morgan fingerprint density at radius 3 is 2.55 bits per heavy atom. The quantitative estimate of drug-likeness (QED) is 0.644. The average Bonchev–Trinajstić information content (AvgIpc) is 2.75. The summed E-state index contributed by atoms with van der Waals surface area (Å²) in [5.41, 5.74) is 3.03. The third kappa shape index (κ3) is 3.80. The van der Waals surface area contributed by atoms with E-state index in [9.17, 15) is 4.79 Å². The zero-order valence-electron chi connectivity index (χ0n) is 11.3. The summed E-state index contributed by atoms with van der Waals surface area (Å²) in [7, 11) is 0. The molecule has 2 rings (SSSR count). The highest BCUT2D eigenvalue weighted by Gasteiger charge is 2.13. The van der Waals surface area contributed by atoms with Crippen molar-refractivity contribution < 1.29 is 4.84 Å². The van der Waals surface area contributed by atoms with Gasteiger partial charge in [-0.15, -0.1) is 0 Å². The topological polar surface area (TPSA) is 59.0 Å². The lowest BCUT2D eigenvalue weighted by molar-refractivity contribution is 0.360. The van der Waals surface area contributed by atoms with Gasteiger partial charge in [-0.3, -0.25) is 9.89 Å². The van der Waals surface area contributed by atoms with Gasteiger partial charge in [0.2, 0.25) is 0 Å². The molecule has 114 valence electrons. The van der Waals surface area contributed by atoms with Gasteiger partial charge in [0.05, 0.1) is 16.1 Å². The number of nitrogens with zero attached hydrogens (tertiary/aromatic N) is 1. The van der Waals surface area contributed by atoms with Crippen LogP contribution in [0.4, 0.5) is 5.82 Å². The standard InChI is InChI=1S/C14H10Cl3N3O2/c1-8(2)3-4-22-19-12-7-13(21)20(18-12)14-10(16)5-9(15)6-11(14)17/h5-7,18-19H,1H2,2H3. The average molecular weight is 359 g/mol. The van der Waals surface area contributed by atoms with E-state index in [0.717, 1.165) is 0 Å². The van der Waals surface area contributed by atoms with Gasteiger partial charge in [-0.25, -0.2) is 4.68 Å². The summed E-state index contributed by atoms with van der Waals surface area (Å²) >= 11 is 18.0. The number of hydrogen-bond acceptors (Lipinski definition) is 3. The molecule has 0 aliphatic rings. The molecule has 0 fully saturated rings. The van der Waals surface area contributed by atoms with E-state index in [1.807, 2.05) is 0 Å². The molecule has 1 aromatic heterocycles. The Morgan fingerprint density at radius 1 is 1.32 bits per heavy atom. The lowest BCUT2D eigenvalue weighted by Crippen LogP contribution is -2.14. The van der Waals surface area contributed by atoms with Gasteiger partial charge in [0.25, 0.3) is 5.56 Å². The van der Waals surface area contributed by atoms with Crippen molar-refractivity contribution in [1.82, 2.24) is 9.78 Å². The molecule has 0 bridgehead atoms. The van der Waals surface area contributed by atoms with Crippen molar-refractivity contribution in [3.8, 4) is 17.7 Å². The second kappa shape index (κ2) is 6.84. The van der Waals surface area contributed by atoms with Gasteiger partial charge in [0, 0.05) is 5.02 Å². The van der Waals surface area contributed by atoms with Crippen LogP contribution in [0.5, 0.6) is 0 Å². The summed E-state index contributed by atoms with van der Waals surface area (Å²) in [6.45, 7) is 5.34. The first-order chi connectivity index (χ1) is 10.4. The number of aromatic amines is 1. The second-order valence-electron chi connectivity index (χ2n) is 4.27. The number of allylic oxidation sites excluding steroid dienone is 1. The minimum atomic E-state index is -0.384. The van der Waals surface area contributed by atoms with E-state index in [4.69, 9.17) is 39.6 Å². The Balaban J connectivity index is 2.30. The predicted octanol–water partition coefficient (Wildman–Crippen LogP) is 4.01. The highest BCUT2D eigenvalue weighted by atomic mass is 35.5. The Labute approximate surface area is 141 Å². The first-order valence-electron chi connectivity index (χ1n) is 5.94. The number of aromatic nitrogens is 2. The molecule has 0 radical (unpaired) electrons. The van der Waals surface area contributed by atoms with Gasteiger partial charge < -0.3 is 4.84 Å².